The van der Waals surface area contributed by atoms with Gasteiger partial charge in [-0.1, -0.05) is 30.3 Å². The Morgan fingerprint density at radius 3 is 2.89 bits per heavy atom. The van der Waals surface area contributed by atoms with Gasteiger partial charge in [-0.15, -0.1) is 10.2 Å². The van der Waals surface area contributed by atoms with Crippen molar-refractivity contribution < 1.29 is 14.3 Å². The van der Waals surface area contributed by atoms with E-state index in [1.54, 1.807) is 9.25 Å². The first-order chi connectivity index (χ1) is 13.6. The third-order valence-electron chi connectivity index (χ3n) is 4.99. The van der Waals surface area contributed by atoms with Gasteiger partial charge in [0.2, 0.25) is 12.1 Å². The van der Waals surface area contributed by atoms with Gasteiger partial charge in [-0.2, -0.15) is 9.90 Å². The van der Waals surface area contributed by atoms with Crippen LogP contribution in [0.15, 0.2) is 30.3 Å². The zero-order chi connectivity index (χ0) is 19.3. The Balaban J connectivity index is 1.41. The first-order valence-electron chi connectivity index (χ1n) is 8.87. The van der Waals surface area contributed by atoms with Crippen LogP contribution in [-0.4, -0.2) is 59.3 Å². The van der Waals surface area contributed by atoms with Gasteiger partial charge < -0.3 is 14.0 Å². The van der Waals surface area contributed by atoms with E-state index in [1.807, 2.05) is 37.4 Å². The minimum absolute atomic E-state index is 0.0849. The van der Waals surface area contributed by atoms with Crippen LogP contribution in [0.2, 0.25) is 0 Å². The summed E-state index contributed by atoms with van der Waals surface area (Å²) in [5, 5.41) is 17.3. The van der Waals surface area contributed by atoms with E-state index in [1.165, 1.54) is 4.80 Å². The molecule has 0 unspecified atom stereocenters. The average molecular weight is 399 g/mol. The van der Waals surface area contributed by atoms with Crippen LogP contribution in [-0.2, 0) is 27.9 Å². The number of hydrogen-bond donors (Lipinski definition) is 0. The molecule has 11 heteroatoms. The molecule has 0 aliphatic carbocycles. The van der Waals surface area contributed by atoms with Crippen molar-refractivity contribution >= 4 is 18.0 Å². The molecule has 2 aromatic heterocycles. The number of tetrazole rings is 1. The van der Waals surface area contributed by atoms with Crippen molar-refractivity contribution in [2.75, 3.05) is 6.61 Å². The molecule has 0 radical (unpaired) electrons. The van der Waals surface area contributed by atoms with Gasteiger partial charge in [0.05, 0.1) is 12.6 Å². The minimum Gasteiger partial charge on any atom is -0.343 e. The molecule has 2 fully saturated rings. The number of carbonyl (C=O) groups is 1. The standard InChI is InChI=1S/C17H17N7O3S/c1-22-14(8-23-20-15(18-21-23)10-5-3-2-4-6-10)19-24(17(22)28)11-7-12(25)16-26-9-13(11)27-16/h2-6,11,13,16H,7-9H2,1H3/t11-,13+,16+/m1/s1. The summed E-state index contributed by atoms with van der Waals surface area (Å²) in [6.45, 7) is 0.665. The van der Waals surface area contributed by atoms with E-state index in [-0.39, 0.29) is 17.9 Å². The number of ketones is 1. The molecular weight excluding hydrogens is 382 g/mol. The summed E-state index contributed by atoms with van der Waals surface area (Å²) < 4.78 is 15.0. The van der Waals surface area contributed by atoms with Crippen molar-refractivity contribution in [2.24, 2.45) is 7.05 Å². The molecule has 2 saturated heterocycles. The molecule has 28 heavy (non-hydrogen) atoms. The van der Waals surface area contributed by atoms with Crippen LogP contribution in [0.3, 0.4) is 0 Å². The van der Waals surface area contributed by atoms with Crippen molar-refractivity contribution in [2.45, 2.75) is 31.4 Å². The average Bonchev–Trinajstić information content (AvgIpc) is 3.42. The molecule has 3 atom stereocenters. The zero-order valence-corrected chi connectivity index (χ0v) is 15.8. The largest absolute Gasteiger partial charge is 0.343 e. The van der Waals surface area contributed by atoms with Crippen LogP contribution in [0.1, 0.15) is 18.3 Å². The number of benzene rings is 1. The Morgan fingerprint density at radius 2 is 2.07 bits per heavy atom. The second kappa shape index (κ2) is 6.69. The molecule has 4 heterocycles. The van der Waals surface area contributed by atoms with E-state index in [4.69, 9.17) is 21.7 Å². The number of carbonyl (C=O) groups excluding carboxylic acids is 1. The third-order valence-corrected chi connectivity index (χ3v) is 5.45. The van der Waals surface area contributed by atoms with E-state index in [9.17, 15) is 4.79 Å². The topological polar surface area (TPSA) is 102 Å². The molecule has 3 aromatic rings. The Hall–Kier alpha value is -2.76. The quantitative estimate of drug-likeness (QED) is 0.597. The highest BCUT2D eigenvalue weighted by molar-refractivity contribution is 7.71. The first-order valence-corrected chi connectivity index (χ1v) is 9.28. The summed E-state index contributed by atoms with van der Waals surface area (Å²) in [6, 6.07) is 9.35. The van der Waals surface area contributed by atoms with Gasteiger partial charge in [0.25, 0.3) is 0 Å². The Bertz CT molecular complexity index is 1090. The summed E-state index contributed by atoms with van der Waals surface area (Å²) in [4.78, 5) is 13.6. The van der Waals surface area contributed by atoms with Crippen molar-refractivity contribution in [3.8, 4) is 11.4 Å². The van der Waals surface area contributed by atoms with Crippen molar-refractivity contribution in [1.82, 2.24) is 34.6 Å². The maximum absolute atomic E-state index is 12.1. The van der Waals surface area contributed by atoms with Crippen LogP contribution in [0.5, 0.6) is 0 Å². The highest BCUT2D eigenvalue weighted by Gasteiger charge is 2.45. The lowest BCUT2D eigenvalue weighted by atomic mass is 10.0. The number of aromatic nitrogens is 7. The molecule has 5 rings (SSSR count). The highest BCUT2D eigenvalue weighted by atomic mass is 32.1. The van der Waals surface area contributed by atoms with Crippen LogP contribution in [0.4, 0.5) is 0 Å². The molecule has 2 bridgehead atoms. The molecule has 10 nitrogen and oxygen atoms in total. The van der Waals surface area contributed by atoms with Crippen LogP contribution < -0.4 is 0 Å². The fourth-order valence-corrected chi connectivity index (χ4v) is 3.74. The molecular formula is C17H17N7O3S. The van der Waals surface area contributed by atoms with Gasteiger partial charge in [-0.25, -0.2) is 4.68 Å². The predicted molar refractivity (Wildman–Crippen MR) is 97.7 cm³/mol. The number of hydrogen-bond acceptors (Lipinski definition) is 8. The van der Waals surface area contributed by atoms with E-state index in [2.05, 4.69) is 20.5 Å². The number of fused-ring (bicyclic) bond motifs is 2. The minimum atomic E-state index is -0.741. The van der Waals surface area contributed by atoms with E-state index < -0.39 is 6.29 Å². The molecule has 2 aliphatic rings. The van der Waals surface area contributed by atoms with Gasteiger partial charge in [-0.3, -0.25) is 4.79 Å². The second-order valence-electron chi connectivity index (χ2n) is 6.79. The van der Waals surface area contributed by atoms with Crippen LogP contribution in [0, 0.1) is 4.77 Å². The van der Waals surface area contributed by atoms with Gasteiger partial charge in [0.15, 0.2) is 16.4 Å². The Kier molecular flexibility index (Phi) is 4.14. The normalized spacial score (nSPS) is 24.0. The number of rotatable bonds is 4. The van der Waals surface area contributed by atoms with Gasteiger partial charge in [0, 0.05) is 19.0 Å². The summed E-state index contributed by atoms with van der Waals surface area (Å²) >= 11 is 5.54. The lowest BCUT2D eigenvalue weighted by Gasteiger charge is -2.26. The van der Waals surface area contributed by atoms with E-state index >= 15 is 0 Å². The molecule has 144 valence electrons. The lowest BCUT2D eigenvalue weighted by Crippen LogP contribution is -2.37. The molecule has 0 spiro atoms. The molecule has 2 aliphatic heterocycles. The fraction of sp³-hybridized carbons (Fsp3) is 0.412. The van der Waals surface area contributed by atoms with Crippen molar-refractivity contribution in [3.63, 3.8) is 0 Å². The SMILES string of the molecule is Cn1c(Cn2nnc(-c3ccccc3)n2)nn([C@@H]2CC(=O)[C@H]3OC[C@@H]2O3)c1=S. The Morgan fingerprint density at radius 1 is 1.25 bits per heavy atom. The van der Waals surface area contributed by atoms with Gasteiger partial charge in [0.1, 0.15) is 12.6 Å². The predicted octanol–water partition coefficient (Wildman–Crippen LogP) is 0.908. The fourth-order valence-electron chi connectivity index (χ4n) is 3.46. The maximum Gasteiger partial charge on any atom is 0.218 e. The highest BCUT2D eigenvalue weighted by Crippen LogP contribution is 2.32. The number of Topliss-reactive ketones (excluding diaryl/α,β-unsaturated/α-hetero) is 1. The van der Waals surface area contributed by atoms with Crippen LogP contribution in [0.25, 0.3) is 11.4 Å². The summed E-state index contributed by atoms with van der Waals surface area (Å²) in [5.74, 6) is 1.12. The summed E-state index contributed by atoms with van der Waals surface area (Å²) in [6.07, 6.45) is -0.680. The second-order valence-corrected chi connectivity index (χ2v) is 7.15. The van der Waals surface area contributed by atoms with Gasteiger partial charge in [-0.05, 0) is 17.4 Å². The number of nitrogens with zero attached hydrogens (tertiary/aromatic N) is 7. The monoisotopic (exact) mass is 399 g/mol. The van der Waals surface area contributed by atoms with Crippen LogP contribution >= 0.6 is 12.2 Å². The van der Waals surface area contributed by atoms with E-state index in [0.29, 0.717) is 36.0 Å². The summed E-state index contributed by atoms with van der Waals surface area (Å²) in [7, 11) is 1.83. The Labute approximate surface area is 164 Å². The van der Waals surface area contributed by atoms with Crippen molar-refractivity contribution in [3.05, 3.63) is 40.9 Å². The first kappa shape index (κ1) is 17.3. The molecule has 0 N–H and O–H groups in total. The molecule has 0 amide bonds. The third kappa shape index (κ3) is 2.87. The molecule has 0 saturated carbocycles. The number of ether oxygens (including phenoxy) is 2. The summed E-state index contributed by atoms with van der Waals surface area (Å²) in [5.41, 5.74) is 0.890. The van der Waals surface area contributed by atoms with E-state index in [0.717, 1.165) is 5.56 Å². The van der Waals surface area contributed by atoms with Crippen molar-refractivity contribution in [1.29, 1.82) is 0 Å². The maximum atomic E-state index is 12.1. The lowest BCUT2D eigenvalue weighted by molar-refractivity contribution is -0.156. The molecule has 1 aromatic carbocycles. The van der Waals surface area contributed by atoms with Gasteiger partial charge >= 0.3 is 0 Å². The smallest absolute Gasteiger partial charge is 0.218 e. The zero-order valence-electron chi connectivity index (χ0n) is 15.0.